The van der Waals surface area contributed by atoms with Crippen LogP contribution >= 0.6 is 11.8 Å². The Hall–Kier alpha value is -1.21. The van der Waals surface area contributed by atoms with E-state index in [9.17, 15) is 0 Å². The first-order valence-corrected chi connectivity index (χ1v) is 5.35. The van der Waals surface area contributed by atoms with Crippen LogP contribution in [0.2, 0.25) is 0 Å². The predicted octanol–water partition coefficient (Wildman–Crippen LogP) is 1.73. The van der Waals surface area contributed by atoms with E-state index in [0.717, 1.165) is 18.1 Å². The van der Waals surface area contributed by atoms with Gasteiger partial charge in [0.2, 0.25) is 0 Å². The SMILES string of the molecule is CSCCNc1cc(C#N)ccn1. The van der Waals surface area contributed by atoms with Gasteiger partial charge in [-0.15, -0.1) is 0 Å². The largest absolute Gasteiger partial charge is 0.369 e. The predicted molar refractivity (Wildman–Crippen MR) is 55.8 cm³/mol. The summed E-state index contributed by atoms with van der Waals surface area (Å²) in [5, 5.41) is 11.8. The van der Waals surface area contributed by atoms with Crippen molar-refractivity contribution in [3.63, 3.8) is 0 Å². The lowest BCUT2D eigenvalue weighted by Crippen LogP contribution is -2.05. The van der Waals surface area contributed by atoms with Gasteiger partial charge in [0.15, 0.2) is 0 Å². The molecule has 0 aromatic carbocycles. The van der Waals surface area contributed by atoms with Crippen LogP contribution in [0.5, 0.6) is 0 Å². The van der Waals surface area contributed by atoms with Crippen LogP contribution < -0.4 is 5.32 Å². The minimum atomic E-state index is 0.640. The lowest BCUT2D eigenvalue weighted by atomic mass is 10.3. The first kappa shape index (κ1) is 9.87. The lowest BCUT2D eigenvalue weighted by molar-refractivity contribution is 1.17. The van der Waals surface area contributed by atoms with E-state index in [2.05, 4.69) is 22.6 Å². The van der Waals surface area contributed by atoms with E-state index in [4.69, 9.17) is 5.26 Å². The minimum absolute atomic E-state index is 0.640. The molecule has 0 aliphatic heterocycles. The lowest BCUT2D eigenvalue weighted by Gasteiger charge is -2.03. The molecule has 0 radical (unpaired) electrons. The normalized spacial score (nSPS) is 9.23. The van der Waals surface area contributed by atoms with Gasteiger partial charge in [0.05, 0.1) is 11.6 Å². The highest BCUT2D eigenvalue weighted by Crippen LogP contribution is 2.05. The number of aromatic nitrogens is 1. The molecule has 4 heteroatoms. The molecule has 0 saturated carbocycles. The van der Waals surface area contributed by atoms with Crippen molar-refractivity contribution in [1.82, 2.24) is 4.98 Å². The Kier molecular flexibility index (Phi) is 4.13. The van der Waals surface area contributed by atoms with Crippen LogP contribution in [0.15, 0.2) is 18.3 Å². The van der Waals surface area contributed by atoms with Crippen LogP contribution in [0, 0.1) is 11.3 Å². The molecular formula is C9H11N3S. The number of nitriles is 1. The number of nitrogens with zero attached hydrogens (tertiary/aromatic N) is 2. The first-order valence-electron chi connectivity index (χ1n) is 3.96. The van der Waals surface area contributed by atoms with Gasteiger partial charge < -0.3 is 5.32 Å². The number of rotatable bonds is 4. The van der Waals surface area contributed by atoms with Gasteiger partial charge in [-0.1, -0.05) is 0 Å². The molecule has 1 rings (SSSR count). The number of hydrogen-bond donors (Lipinski definition) is 1. The fourth-order valence-electron chi connectivity index (χ4n) is 0.878. The molecule has 0 spiro atoms. The Balaban J connectivity index is 2.52. The average molecular weight is 193 g/mol. The monoisotopic (exact) mass is 193 g/mol. The summed E-state index contributed by atoms with van der Waals surface area (Å²) in [6, 6.07) is 5.52. The van der Waals surface area contributed by atoms with Crippen LogP contribution in [-0.2, 0) is 0 Å². The number of nitrogens with one attached hydrogen (secondary N) is 1. The number of hydrogen-bond acceptors (Lipinski definition) is 4. The van der Waals surface area contributed by atoms with Crippen molar-refractivity contribution in [3.05, 3.63) is 23.9 Å². The van der Waals surface area contributed by atoms with Gasteiger partial charge in [0, 0.05) is 18.5 Å². The topological polar surface area (TPSA) is 48.7 Å². The molecule has 1 N–H and O–H groups in total. The van der Waals surface area contributed by atoms with Crippen molar-refractivity contribution >= 4 is 17.6 Å². The second-order valence-corrected chi connectivity index (χ2v) is 3.45. The van der Waals surface area contributed by atoms with Gasteiger partial charge in [-0.25, -0.2) is 4.98 Å². The Bertz CT molecular complexity index is 306. The maximum absolute atomic E-state index is 8.62. The van der Waals surface area contributed by atoms with Crippen LogP contribution in [0.25, 0.3) is 0 Å². The summed E-state index contributed by atoms with van der Waals surface area (Å²) >= 11 is 1.78. The second-order valence-electron chi connectivity index (χ2n) is 2.46. The van der Waals surface area contributed by atoms with Crippen molar-refractivity contribution in [2.75, 3.05) is 23.9 Å². The van der Waals surface area contributed by atoms with E-state index in [1.165, 1.54) is 0 Å². The van der Waals surface area contributed by atoms with E-state index in [1.807, 2.05) is 0 Å². The quantitative estimate of drug-likeness (QED) is 0.740. The molecule has 68 valence electrons. The zero-order valence-electron chi connectivity index (χ0n) is 7.45. The third-order valence-corrected chi connectivity index (χ3v) is 2.11. The summed E-state index contributed by atoms with van der Waals surface area (Å²) in [7, 11) is 0. The van der Waals surface area contributed by atoms with E-state index < -0.39 is 0 Å². The van der Waals surface area contributed by atoms with Gasteiger partial charge in [-0.05, 0) is 18.4 Å². The summed E-state index contributed by atoms with van der Waals surface area (Å²) in [5.41, 5.74) is 0.640. The fraction of sp³-hybridized carbons (Fsp3) is 0.333. The maximum Gasteiger partial charge on any atom is 0.127 e. The zero-order valence-corrected chi connectivity index (χ0v) is 8.27. The Morgan fingerprint density at radius 2 is 2.54 bits per heavy atom. The molecule has 0 unspecified atom stereocenters. The van der Waals surface area contributed by atoms with Crippen molar-refractivity contribution < 1.29 is 0 Å². The first-order chi connectivity index (χ1) is 6.36. The van der Waals surface area contributed by atoms with Crippen LogP contribution in [0.3, 0.4) is 0 Å². The van der Waals surface area contributed by atoms with Gasteiger partial charge in [-0.2, -0.15) is 17.0 Å². The molecule has 0 aliphatic carbocycles. The van der Waals surface area contributed by atoms with Gasteiger partial charge in [-0.3, -0.25) is 0 Å². The second kappa shape index (κ2) is 5.44. The van der Waals surface area contributed by atoms with Crippen molar-refractivity contribution in [3.8, 4) is 6.07 Å². The molecule has 13 heavy (non-hydrogen) atoms. The summed E-state index contributed by atoms with van der Waals surface area (Å²) < 4.78 is 0. The van der Waals surface area contributed by atoms with Crippen molar-refractivity contribution in [2.24, 2.45) is 0 Å². The van der Waals surface area contributed by atoms with E-state index in [0.29, 0.717) is 5.56 Å². The molecule has 0 bridgehead atoms. The van der Waals surface area contributed by atoms with Crippen molar-refractivity contribution in [2.45, 2.75) is 0 Å². The summed E-state index contributed by atoms with van der Waals surface area (Å²) in [6.45, 7) is 0.878. The van der Waals surface area contributed by atoms with Gasteiger partial charge in [0.25, 0.3) is 0 Å². The molecule has 1 aromatic rings. The smallest absolute Gasteiger partial charge is 0.127 e. The Labute approximate surface area is 82.2 Å². The molecule has 1 heterocycles. The fourth-order valence-corrected chi connectivity index (χ4v) is 1.18. The van der Waals surface area contributed by atoms with Crippen molar-refractivity contribution in [1.29, 1.82) is 5.26 Å². The van der Waals surface area contributed by atoms with Gasteiger partial charge >= 0.3 is 0 Å². The van der Waals surface area contributed by atoms with E-state index >= 15 is 0 Å². The van der Waals surface area contributed by atoms with E-state index in [1.54, 1.807) is 30.1 Å². The molecular weight excluding hydrogens is 182 g/mol. The molecule has 1 aromatic heterocycles. The van der Waals surface area contributed by atoms with Crippen LogP contribution in [0.1, 0.15) is 5.56 Å². The molecule has 0 aliphatic rings. The molecule has 0 atom stereocenters. The zero-order chi connectivity index (χ0) is 9.52. The minimum Gasteiger partial charge on any atom is -0.369 e. The molecule has 0 fully saturated rings. The van der Waals surface area contributed by atoms with Crippen LogP contribution in [-0.4, -0.2) is 23.5 Å². The van der Waals surface area contributed by atoms with Gasteiger partial charge in [0.1, 0.15) is 5.82 Å². The number of pyridine rings is 1. The Morgan fingerprint density at radius 3 is 3.23 bits per heavy atom. The third-order valence-electron chi connectivity index (χ3n) is 1.50. The highest BCUT2D eigenvalue weighted by atomic mass is 32.2. The summed E-state index contributed by atoms with van der Waals surface area (Å²) in [5.74, 6) is 1.81. The van der Waals surface area contributed by atoms with E-state index in [-0.39, 0.29) is 0 Å². The standard InChI is InChI=1S/C9H11N3S/c1-13-5-4-12-9-6-8(7-10)2-3-11-9/h2-3,6H,4-5H2,1H3,(H,11,12). The molecule has 0 amide bonds. The highest BCUT2D eigenvalue weighted by molar-refractivity contribution is 7.98. The molecule has 0 saturated heterocycles. The summed E-state index contributed by atoms with van der Waals surface area (Å²) in [6.07, 6.45) is 3.70. The summed E-state index contributed by atoms with van der Waals surface area (Å²) in [4.78, 5) is 4.09. The molecule has 3 nitrogen and oxygen atoms in total. The average Bonchev–Trinajstić information content (AvgIpc) is 2.19. The third kappa shape index (κ3) is 3.34. The van der Waals surface area contributed by atoms with Crippen LogP contribution in [0.4, 0.5) is 5.82 Å². The maximum atomic E-state index is 8.62. The Morgan fingerprint density at radius 1 is 1.69 bits per heavy atom. The number of anilines is 1. The number of thioether (sulfide) groups is 1. The highest BCUT2D eigenvalue weighted by Gasteiger charge is 1.94.